The standard InChI is InChI=1S/C17H23ClFN/c1-11(2)20-10-17(8-13-6-14(13)9-17)7-12-3-4-16(19)15(18)5-12/h3-5,11,13-14,20H,6-10H2,1-2H3. The first-order valence-corrected chi connectivity index (χ1v) is 8.02. The fourth-order valence-corrected chi connectivity index (χ4v) is 4.06. The van der Waals surface area contributed by atoms with Crippen LogP contribution in [0.25, 0.3) is 0 Å². The lowest BCUT2D eigenvalue weighted by Gasteiger charge is -2.32. The molecule has 2 saturated carbocycles. The summed E-state index contributed by atoms with van der Waals surface area (Å²) in [6, 6.07) is 5.71. The maximum Gasteiger partial charge on any atom is 0.141 e. The molecule has 2 unspecified atom stereocenters. The number of fused-ring (bicyclic) bond motifs is 1. The molecule has 20 heavy (non-hydrogen) atoms. The maximum absolute atomic E-state index is 13.3. The molecule has 2 aliphatic rings. The third-order valence-electron chi connectivity index (χ3n) is 4.91. The molecular formula is C17H23ClFN. The van der Waals surface area contributed by atoms with Crippen LogP contribution < -0.4 is 5.32 Å². The highest BCUT2D eigenvalue weighted by Gasteiger charge is 2.53. The van der Waals surface area contributed by atoms with Crippen molar-refractivity contribution >= 4 is 11.6 Å². The van der Waals surface area contributed by atoms with Gasteiger partial charge in [0.1, 0.15) is 5.82 Å². The summed E-state index contributed by atoms with van der Waals surface area (Å²) in [5, 5.41) is 3.86. The summed E-state index contributed by atoms with van der Waals surface area (Å²) in [6.07, 6.45) is 5.06. The summed E-state index contributed by atoms with van der Waals surface area (Å²) >= 11 is 5.92. The van der Waals surface area contributed by atoms with E-state index in [9.17, 15) is 4.39 Å². The lowest BCUT2D eigenvalue weighted by atomic mass is 9.77. The van der Waals surface area contributed by atoms with E-state index in [-0.39, 0.29) is 10.8 Å². The molecular weight excluding hydrogens is 273 g/mol. The summed E-state index contributed by atoms with van der Waals surface area (Å²) in [5.41, 5.74) is 1.52. The van der Waals surface area contributed by atoms with Crippen LogP contribution in [0.5, 0.6) is 0 Å². The van der Waals surface area contributed by atoms with Gasteiger partial charge in [0.15, 0.2) is 0 Å². The third kappa shape index (κ3) is 3.01. The van der Waals surface area contributed by atoms with Gasteiger partial charge < -0.3 is 5.32 Å². The summed E-state index contributed by atoms with van der Waals surface area (Å²) in [4.78, 5) is 0. The minimum atomic E-state index is -0.320. The largest absolute Gasteiger partial charge is 0.314 e. The molecule has 1 aromatic carbocycles. The Morgan fingerprint density at radius 3 is 2.65 bits per heavy atom. The van der Waals surface area contributed by atoms with E-state index in [4.69, 9.17) is 11.6 Å². The van der Waals surface area contributed by atoms with Crippen molar-refractivity contribution in [3.05, 3.63) is 34.6 Å². The average Bonchev–Trinajstić information content (AvgIpc) is 3.00. The molecule has 0 heterocycles. The van der Waals surface area contributed by atoms with E-state index in [0.29, 0.717) is 11.5 Å². The van der Waals surface area contributed by atoms with Crippen molar-refractivity contribution in [3.63, 3.8) is 0 Å². The van der Waals surface area contributed by atoms with E-state index in [1.165, 1.54) is 30.9 Å². The molecule has 3 heteroatoms. The van der Waals surface area contributed by atoms with Gasteiger partial charge in [-0.25, -0.2) is 4.39 Å². The van der Waals surface area contributed by atoms with E-state index in [2.05, 4.69) is 19.2 Å². The third-order valence-corrected chi connectivity index (χ3v) is 5.20. The highest BCUT2D eigenvalue weighted by molar-refractivity contribution is 6.30. The molecule has 2 atom stereocenters. The fourth-order valence-electron chi connectivity index (χ4n) is 3.86. The number of nitrogens with one attached hydrogen (secondary N) is 1. The van der Waals surface area contributed by atoms with Crippen molar-refractivity contribution < 1.29 is 4.39 Å². The second-order valence-corrected chi connectivity index (χ2v) is 7.53. The van der Waals surface area contributed by atoms with Crippen molar-refractivity contribution in [3.8, 4) is 0 Å². The minimum absolute atomic E-state index is 0.248. The molecule has 0 radical (unpaired) electrons. The Hall–Kier alpha value is -0.600. The van der Waals surface area contributed by atoms with Gasteiger partial charge in [-0.2, -0.15) is 0 Å². The summed E-state index contributed by atoms with van der Waals surface area (Å²) in [5.74, 6) is 1.57. The number of halogens is 2. The van der Waals surface area contributed by atoms with Crippen LogP contribution in [0.2, 0.25) is 5.02 Å². The van der Waals surface area contributed by atoms with E-state index in [1.807, 2.05) is 6.07 Å². The summed E-state index contributed by atoms with van der Waals surface area (Å²) in [6.45, 7) is 5.45. The van der Waals surface area contributed by atoms with Crippen LogP contribution in [0.3, 0.4) is 0 Å². The Morgan fingerprint density at radius 1 is 1.35 bits per heavy atom. The van der Waals surface area contributed by atoms with Crippen molar-refractivity contribution in [2.24, 2.45) is 17.3 Å². The number of benzene rings is 1. The van der Waals surface area contributed by atoms with Crippen molar-refractivity contribution in [1.82, 2.24) is 5.32 Å². The second-order valence-electron chi connectivity index (χ2n) is 7.12. The van der Waals surface area contributed by atoms with Gasteiger partial charge in [0.05, 0.1) is 5.02 Å². The Balaban J connectivity index is 1.74. The van der Waals surface area contributed by atoms with Crippen LogP contribution in [-0.4, -0.2) is 12.6 Å². The Morgan fingerprint density at radius 2 is 2.05 bits per heavy atom. The predicted molar refractivity (Wildman–Crippen MR) is 81.5 cm³/mol. The zero-order valence-corrected chi connectivity index (χ0v) is 13.0. The highest BCUT2D eigenvalue weighted by Crippen LogP contribution is 2.60. The zero-order valence-electron chi connectivity index (χ0n) is 12.3. The first-order valence-electron chi connectivity index (χ1n) is 7.65. The molecule has 0 amide bonds. The lowest BCUT2D eigenvalue weighted by molar-refractivity contribution is 0.241. The van der Waals surface area contributed by atoms with Crippen LogP contribution in [0.1, 0.15) is 38.7 Å². The molecule has 0 spiro atoms. The van der Waals surface area contributed by atoms with Crippen molar-refractivity contribution in [2.75, 3.05) is 6.54 Å². The maximum atomic E-state index is 13.3. The van der Waals surface area contributed by atoms with Gasteiger partial charge in [0, 0.05) is 12.6 Å². The van der Waals surface area contributed by atoms with E-state index >= 15 is 0 Å². The molecule has 1 aromatic rings. The zero-order chi connectivity index (χ0) is 14.3. The molecule has 2 fully saturated rings. The SMILES string of the molecule is CC(C)NCC1(Cc2ccc(F)c(Cl)c2)CC2CC2C1. The quantitative estimate of drug-likeness (QED) is 0.847. The van der Waals surface area contributed by atoms with Gasteiger partial charge >= 0.3 is 0 Å². The highest BCUT2D eigenvalue weighted by atomic mass is 35.5. The molecule has 1 nitrogen and oxygen atoms in total. The van der Waals surface area contributed by atoms with Gasteiger partial charge in [0.2, 0.25) is 0 Å². The van der Waals surface area contributed by atoms with Crippen molar-refractivity contribution in [1.29, 1.82) is 0 Å². The normalized spacial score (nSPS) is 31.6. The van der Waals surface area contributed by atoms with Crippen LogP contribution >= 0.6 is 11.6 Å². The van der Waals surface area contributed by atoms with Crippen LogP contribution in [-0.2, 0) is 6.42 Å². The van der Waals surface area contributed by atoms with Gasteiger partial charge in [-0.15, -0.1) is 0 Å². The lowest BCUT2D eigenvalue weighted by Crippen LogP contribution is -2.38. The van der Waals surface area contributed by atoms with Gasteiger partial charge in [0.25, 0.3) is 0 Å². The smallest absolute Gasteiger partial charge is 0.141 e. The predicted octanol–water partition coefficient (Wildman–Crippen LogP) is 4.44. The minimum Gasteiger partial charge on any atom is -0.314 e. The topological polar surface area (TPSA) is 12.0 Å². The fraction of sp³-hybridized carbons (Fsp3) is 0.647. The molecule has 110 valence electrons. The monoisotopic (exact) mass is 295 g/mol. The molecule has 0 aliphatic heterocycles. The van der Waals surface area contributed by atoms with Crippen molar-refractivity contribution in [2.45, 2.75) is 45.6 Å². The molecule has 0 aromatic heterocycles. The average molecular weight is 296 g/mol. The van der Waals surface area contributed by atoms with E-state index < -0.39 is 0 Å². The first-order chi connectivity index (χ1) is 9.47. The van der Waals surface area contributed by atoms with Crippen LogP contribution in [0.4, 0.5) is 4.39 Å². The molecule has 0 saturated heterocycles. The Labute approximate surface area is 125 Å². The summed E-state index contributed by atoms with van der Waals surface area (Å²) < 4.78 is 13.3. The van der Waals surface area contributed by atoms with Gasteiger partial charge in [-0.05, 0) is 60.6 Å². The number of hydrogen-bond acceptors (Lipinski definition) is 1. The van der Waals surface area contributed by atoms with Gasteiger partial charge in [-0.1, -0.05) is 31.5 Å². The Kier molecular flexibility index (Phi) is 3.81. The second kappa shape index (κ2) is 5.31. The molecule has 2 aliphatic carbocycles. The van der Waals surface area contributed by atoms with Crippen LogP contribution in [0, 0.1) is 23.1 Å². The molecule has 1 N–H and O–H groups in total. The van der Waals surface area contributed by atoms with Gasteiger partial charge in [-0.3, -0.25) is 0 Å². The first kappa shape index (κ1) is 14.3. The molecule has 3 rings (SSSR count). The Bertz CT molecular complexity index is 490. The number of hydrogen-bond donors (Lipinski definition) is 1. The number of rotatable bonds is 5. The summed E-state index contributed by atoms with van der Waals surface area (Å²) in [7, 11) is 0. The van der Waals surface area contributed by atoms with E-state index in [0.717, 1.165) is 24.8 Å². The van der Waals surface area contributed by atoms with E-state index in [1.54, 1.807) is 6.07 Å². The molecule has 0 bridgehead atoms. The van der Waals surface area contributed by atoms with Crippen LogP contribution in [0.15, 0.2) is 18.2 Å².